The number of carbonyl (C=O) groups is 2. The number of aromatic nitrogens is 2. The highest BCUT2D eigenvalue weighted by Crippen LogP contribution is 2.31. The smallest absolute Gasteiger partial charge is 0.412 e. The second-order valence-electron chi connectivity index (χ2n) is 14.2. The highest BCUT2D eigenvalue weighted by atomic mass is 28.3. The zero-order chi connectivity index (χ0) is 34.5. The normalized spacial score (nSPS) is 12.4. The number of hydrogen-bond donors (Lipinski definition) is 2. The Kier molecular flexibility index (Phi) is 14.5. The number of aromatic amines is 1. The fourth-order valence-electron chi connectivity index (χ4n) is 4.91. The summed E-state index contributed by atoms with van der Waals surface area (Å²) >= 11 is 0. The van der Waals surface area contributed by atoms with Crippen LogP contribution >= 0.6 is 0 Å². The molecule has 0 fully saturated rings. The van der Waals surface area contributed by atoms with E-state index < -0.39 is 19.8 Å². The maximum Gasteiger partial charge on any atom is 0.412 e. The molecule has 0 saturated heterocycles. The zero-order valence-electron chi connectivity index (χ0n) is 29.7. The number of carbonyl (C=O) groups excluding carboxylic acids is 2. The first-order valence-corrected chi connectivity index (χ1v) is 20.6. The number of imidazole rings is 1. The molecular formula is C37H55N3O6Si. The van der Waals surface area contributed by atoms with Crippen LogP contribution < -0.4 is 10.1 Å². The zero-order valence-corrected chi connectivity index (χ0v) is 30.7. The lowest BCUT2D eigenvalue weighted by molar-refractivity contribution is -0.140. The molecule has 10 heteroatoms. The topological polar surface area (TPSA) is 112 Å². The van der Waals surface area contributed by atoms with Crippen molar-refractivity contribution in [2.75, 3.05) is 25.6 Å². The molecule has 3 aromatic rings. The highest BCUT2D eigenvalue weighted by Gasteiger charge is 2.22. The lowest BCUT2D eigenvalue weighted by atomic mass is 10.0. The van der Waals surface area contributed by atoms with E-state index in [0.717, 1.165) is 47.2 Å². The molecule has 0 saturated carbocycles. The van der Waals surface area contributed by atoms with Crippen LogP contribution in [0, 0.1) is 0 Å². The van der Waals surface area contributed by atoms with Crippen LogP contribution in [0.3, 0.4) is 0 Å². The predicted octanol–water partition coefficient (Wildman–Crippen LogP) is 9.32. The Labute approximate surface area is 282 Å². The summed E-state index contributed by atoms with van der Waals surface area (Å²) in [7, 11) is 0.0502. The predicted molar refractivity (Wildman–Crippen MR) is 191 cm³/mol. The minimum Gasteiger partial charge on any atom is -0.494 e. The van der Waals surface area contributed by atoms with Gasteiger partial charge in [0.05, 0.1) is 25.6 Å². The Hall–Kier alpha value is -3.63. The minimum absolute atomic E-state index is 0.184. The summed E-state index contributed by atoms with van der Waals surface area (Å²) in [5.74, 6) is 1.16. The summed E-state index contributed by atoms with van der Waals surface area (Å²) in [5, 5.41) is 2.86. The number of hydrogen-bond acceptors (Lipinski definition) is 7. The van der Waals surface area contributed by atoms with E-state index in [-0.39, 0.29) is 18.5 Å². The molecule has 0 aliphatic rings. The van der Waals surface area contributed by atoms with E-state index in [1.807, 2.05) is 51.1 Å². The van der Waals surface area contributed by atoms with Crippen LogP contribution in [0.25, 0.3) is 11.4 Å². The van der Waals surface area contributed by atoms with Crippen LogP contribution in [0.2, 0.25) is 25.7 Å². The van der Waals surface area contributed by atoms with Gasteiger partial charge >= 0.3 is 12.1 Å². The van der Waals surface area contributed by atoms with Crippen LogP contribution in [0.1, 0.15) is 89.1 Å². The molecule has 0 aliphatic heterocycles. The molecule has 258 valence electrons. The van der Waals surface area contributed by atoms with Gasteiger partial charge in [0, 0.05) is 32.4 Å². The van der Waals surface area contributed by atoms with Gasteiger partial charge in [0.1, 0.15) is 23.3 Å². The SMILES string of the molecule is CCCCCCCOc1ccc([C@H](OCC[Si](C)(C)C)c2cnc(-c3ccc(CCC(=O)OC)c(NC(=O)OC(C)(C)C)c3)[nH]2)cc1. The van der Waals surface area contributed by atoms with Gasteiger partial charge in [0.15, 0.2) is 0 Å². The Morgan fingerprint density at radius 1 is 0.979 bits per heavy atom. The van der Waals surface area contributed by atoms with Crippen molar-refractivity contribution in [1.82, 2.24) is 9.97 Å². The first-order valence-electron chi connectivity index (χ1n) is 16.9. The number of benzene rings is 2. The van der Waals surface area contributed by atoms with Crippen molar-refractivity contribution in [3.63, 3.8) is 0 Å². The van der Waals surface area contributed by atoms with Crippen molar-refractivity contribution in [3.05, 3.63) is 65.5 Å². The van der Waals surface area contributed by atoms with E-state index in [1.54, 1.807) is 6.20 Å². The maximum absolute atomic E-state index is 12.7. The number of anilines is 1. The molecule has 1 amide bonds. The first-order chi connectivity index (χ1) is 22.3. The molecule has 1 atom stereocenters. The molecule has 0 radical (unpaired) electrons. The van der Waals surface area contributed by atoms with E-state index in [1.165, 1.54) is 32.8 Å². The van der Waals surface area contributed by atoms with Crippen molar-refractivity contribution < 1.29 is 28.5 Å². The summed E-state index contributed by atoms with van der Waals surface area (Å²) in [6.45, 7) is 16.0. The van der Waals surface area contributed by atoms with E-state index in [0.29, 0.717) is 24.5 Å². The number of H-pyrrole nitrogens is 1. The summed E-state index contributed by atoms with van der Waals surface area (Å²) in [5.41, 5.74) is 3.28. The number of unbranched alkanes of at least 4 members (excludes halogenated alkanes) is 4. The van der Waals surface area contributed by atoms with Crippen LogP contribution in [0.5, 0.6) is 5.75 Å². The Morgan fingerprint density at radius 2 is 1.70 bits per heavy atom. The molecule has 3 rings (SSSR count). The summed E-state index contributed by atoms with van der Waals surface area (Å²) in [6.07, 6.45) is 7.48. The number of aryl methyl sites for hydroxylation is 1. The fourth-order valence-corrected chi connectivity index (χ4v) is 5.64. The molecule has 1 heterocycles. The van der Waals surface area contributed by atoms with Gasteiger partial charge in [-0.05, 0) is 69.0 Å². The molecule has 1 aromatic heterocycles. The summed E-state index contributed by atoms with van der Waals surface area (Å²) in [4.78, 5) is 32.7. The lowest BCUT2D eigenvalue weighted by Crippen LogP contribution is -2.27. The maximum atomic E-state index is 12.7. The quantitative estimate of drug-likeness (QED) is 0.0791. The fraction of sp³-hybridized carbons (Fsp3) is 0.541. The van der Waals surface area contributed by atoms with Crippen molar-refractivity contribution in [3.8, 4) is 17.1 Å². The lowest BCUT2D eigenvalue weighted by Gasteiger charge is -2.21. The minimum atomic E-state index is -1.31. The van der Waals surface area contributed by atoms with Gasteiger partial charge in [0.2, 0.25) is 0 Å². The molecule has 2 aromatic carbocycles. The second kappa shape index (κ2) is 18.1. The van der Waals surface area contributed by atoms with E-state index in [2.05, 4.69) is 49.0 Å². The third-order valence-electron chi connectivity index (χ3n) is 7.56. The monoisotopic (exact) mass is 665 g/mol. The Balaban J connectivity index is 1.84. The molecular weight excluding hydrogens is 611 g/mol. The summed E-state index contributed by atoms with van der Waals surface area (Å²) < 4.78 is 22.8. The van der Waals surface area contributed by atoms with Gasteiger partial charge < -0.3 is 23.9 Å². The van der Waals surface area contributed by atoms with Crippen molar-refractivity contribution in [2.45, 2.75) is 110 Å². The second-order valence-corrected chi connectivity index (χ2v) is 19.8. The van der Waals surface area contributed by atoms with Crippen molar-refractivity contribution >= 4 is 25.8 Å². The number of ether oxygens (including phenoxy) is 4. The standard InChI is InChI=1S/C37H55N3O6Si/c1-9-10-11-12-13-22-44-30-19-16-28(17-20-30)34(45-23-24-47(6,7)8)32-26-38-35(39-32)29-15-14-27(18-21-33(41)43-5)31(25-29)40-36(42)46-37(2,3)4/h14-17,19-20,25-26,34H,9-13,18,21-24H2,1-8H3,(H,38,39)(H,40,42)/t34-/m0/s1. The molecule has 2 N–H and O–H groups in total. The van der Waals surface area contributed by atoms with Crippen LogP contribution in [-0.2, 0) is 25.4 Å². The number of nitrogens with zero attached hydrogens (tertiary/aromatic N) is 1. The third-order valence-corrected chi connectivity index (χ3v) is 9.26. The number of nitrogens with one attached hydrogen (secondary N) is 2. The van der Waals surface area contributed by atoms with Gasteiger partial charge in [-0.1, -0.05) is 76.5 Å². The third kappa shape index (κ3) is 13.6. The number of rotatable bonds is 18. The van der Waals surface area contributed by atoms with Gasteiger partial charge in [-0.2, -0.15) is 0 Å². The number of esters is 1. The van der Waals surface area contributed by atoms with Gasteiger partial charge in [-0.3, -0.25) is 10.1 Å². The molecule has 9 nitrogen and oxygen atoms in total. The average Bonchev–Trinajstić information content (AvgIpc) is 3.49. The molecule has 0 bridgehead atoms. The van der Waals surface area contributed by atoms with E-state index in [4.69, 9.17) is 23.9 Å². The number of amides is 1. The molecule has 0 unspecified atom stereocenters. The Bertz CT molecular complexity index is 1410. The van der Waals surface area contributed by atoms with Gasteiger partial charge in [0.25, 0.3) is 0 Å². The molecule has 0 aliphatic carbocycles. The van der Waals surface area contributed by atoms with Crippen LogP contribution in [-0.4, -0.2) is 56.0 Å². The first kappa shape index (κ1) is 37.8. The Morgan fingerprint density at radius 3 is 2.36 bits per heavy atom. The summed E-state index contributed by atoms with van der Waals surface area (Å²) in [6, 6.07) is 14.8. The van der Waals surface area contributed by atoms with E-state index in [9.17, 15) is 9.59 Å². The average molecular weight is 666 g/mol. The molecule has 0 spiro atoms. The van der Waals surface area contributed by atoms with Crippen molar-refractivity contribution in [2.24, 2.45) is 0 Å². The van der Waals surface area contributed by atoms with E-state index >= 15 is 0 Å². The largest absolute Gasteiger partial charge is 0.494 e. The van der Waals surface area contributed by atoms with Crippen LogP contribution in [0.15, 0.2) is 48.7 Å². The highest BCUT2D eigenvalue weighted by molar-refractivity contribution is 6.76. The number of methoxy groups -OCH3 is 1. The van der Waals surface area contributed by atoms with Gasteiger partial charge in [-0.15, -0.1) is 0 Å². The van der Waals surface area contributed by atoms with Crippen LogP contribution in [0.4, 0.5) is 10.5 Å². The molecule has 47 heavy (non-hydrogen) atoms. The van der Waals surface area contributed by atoms with Crippen molar-refractivity contribution in [1.29, 1.82) is 0 Å². The van der Waals surface area contributed by atoms with Gasteiger partial charge in [-0.25, -0.2) is 9.78 Å².